The molecule has 0 bridgehead atoms. The molecular formula is C22H20ClF3N2O6. The molecule has 0 saturated carbocycles. The molecule has 1 aromatic carbocycles. The predicted molar refractivity (Wildman–Crippen MR) is 116 cm³/mol. The Bertz CT molecular complexity index is 1170. The van der Waals surface area contributed by atoms with Crippen LogP contribution in [-0.2, 0) is 22.6 Å². The minimum atomic E-state index is -4.79. The largest absolute Gasteiger partial charge is 0.482 e. The number of alkyl halides is 3. The van der Waals surface area contributed by atoms with Gasteiger partial charge in [-0.15, -0.1) is 0 Å². The van der Waals surface area contributed by atoms with Gasteiger partial charge in [0.2, 0.25) is 0 Å². The monoisotopic (exact) mass is 500 g/mol. The quantitative estimate of drug-likeness (QED) is 0.183. The molecule has 0 aliphatic carbocycles. The fourth-order valence-corrected chi connectivity index (χ4v) is 3.19. The Kier molecular flexibility index (Phi) is 8.63. The lowest BCUT2D eigenvalue weighted by molar-refractivity contribution is -0.424. The molecule has 34 heavy (non-hydrogen) atoms. The molecule has 1 N–H and O–H groups in total. The van der Waals surface area contributed by atoms with Crippen molar-refractivity contribution in [2.75, 3.05) is 0 Å². The van der Waals surface area contributed by atoms with E-state index < -0.39 is 34.1 Å². The van der Waals surface area contributed by atoms with Gasteiger partial charge in [0.15, 0.2) is 5.76 Å². The zero-order valence-electron chi connectivity index (χ0n) is 18.1. The van der Waals surface area contributed by atoms with Crippen LogP contribution >= 0.6 is 11.6 Å². The van der Waals surface area contributed by atoms with Gasteiger partial charge >= 0.3 is 17.8 Å². The molecule has 8 nitrogen and oxygen atoms in total. The van der Waals surface area contributed by atoms with Crippen LogP contribution in [0, 0.1) is 17.0 Å². The first-order valence-electron chi connectivity index (χ1n) is 9.76. The molecule has 0 atom stereocenters. The van der Waals surface area contributed by atoms with Gasteiger partial charge in [-0.2, -0.15) is 13.2 Å². The number of aryl methyl sites for hydroxylation is 1. The van der Waals surface area contributed by atoms with E-state index in [0.717, 1.165) is 6.08 Å². The standard InChI is InChI=1S/C22H20ClF3N2O6/c1-4-5-15(22(24,25)26)10-19(28(31)32)13(3)33-11-17-12(2)34-27-21(17)16-7-6-14(8-18(16)23)9-20(29)30/h5-8,10H,3-4,9,11H2,1-2H3,(H,29,30)/b15-5+,19-10+. The first-order valence-corrected chi connectivity index (χ1v) is 10.1. The number of hydrogen-bond acceptors (Lipinski definition) is 6. The number of nitrogens with zero attached hydrogens (tertiary/aromatic N) is 2. The minimum absolute atomic E-state index is 0.0128. The first kappa shape index (κ1) is 26.7. The number of benzene rings is 1. The second kappa shape index (κ2) is 11.0. The van der Waals surface area contributed by atoms with E-state index in [-0.39, 0.29) is 35.9 Å². The highest BCUT2D eigenvalue weighted by atomic mass is 35.5. The van der Waals surface area contributed by atoms with E-state index in [9.17, 15) is 28.1 Å². The number of carbonyl (C=O) groups is 1. The summed E-state index contributed by atoms with van der Waals surface area (Å²) in [6.45, 7) is 6.05. The summed E-state index contributed by atoms with van der Waals surface area (Å²) in [5.41, 5.74) is -0.756. The molecule has 12 heteroatoms. The number of carboxylic acid groups (broad SMARTS) is 1. The maximum absolute atomic E-state index is 13.2. The SMILES string of the molecule is C=C(OCc1c(-c2ccc(CC(=O)O)cc2Cl)noc1C)/C(=C\C(=C/CC)C(F)(F)F)[N+](=O)[O-]. The van der Waals surface area contributed by atoms with E-state index in [4.69, 9.17) is 26.0 Å². The molecule has 2 rings (SSSR count). The Morgan fingerprint density at radius 3 is 2.62 bits per heavy atom. The van der Waals surface area contributed by atoms with Gasteiger partial charge < -0.3 is 14.4 Å². The Morgan fingerprint density at radius 1 is 1.41 bits per heavy atom. The summed E-state index contributed by atoms with van der Waals surface area (Å²) in [7, 11) is 0. The van der Waals surface area contributed by atoms with Crippen molar-refractivity contribution in [2.24, 2.45) is 0 Å². The van der Waals surface area contributed by atoms with Crippen LogP contribution in [0.5, 0.6) is 0 Å². The van der Waals surface area contributed by atoms with Crippen LogP contribution in [0.3, 0.4) is 0 Å². The van der Waals surface area contributed by atoms with Gasteiger partial charge in [-0.3, -0.25) is 14.9 Å². The first-order chi connectivity index (χ1) is 15.8. The number of allylic oxidation sites excluding steroid dienone is 3. The highest BCUT2D eigenvalue weighted by Gasteiger charge is 2.34. The molecule has 0 unspecified atom stereocenters. The van der Waals surface area contributed by atoms with Gasteiger partial charge in [0.1, 0.15) is 18.1 Å². The number of halogens is 4. The maximum Gasteiger partial charge on any atom is 0.416 e. The van der Waals surface area contributed by atoms with E-state index in [1.165, 1.54) is 25.1 Å². The van der Waals surface area contributed by atoms with Crippen LogP contribution in [0.25, 0.3) is 11.3 Å². The molecule has 0 radical (unpaired) electrons. The van der Waals surface area contributed by atoms with Crippen molar-refractivity contribution in [3.63, 3.8) is 0 Å². The van der Waals surface area contributed by atoms with Crippen molar-refractivity contribution < 1.29 is 37.3 Å². The average molecular weight is 501 g/mol. The van der Waals surface area contributed by atoms with E-state index in [1.54, 1.807) is 6.92 Å². The second-order valence-corrected chi connectivity index (χ2v) is 7.42. The van der Waals surface area contributed by atoms with Crippen molar-refractivity contribution in [3.05, 3.63) is 86.0 Å². The van der Waals surface area contributed by atoms with Crippen molar-refractivity contribution in [1.29, 1.82) is 0 Å². The number of hydrogen-bond donors (Lipinski definition) is 1. The Labute approximate surface area is 197 Å². The van der Waals surface area contributed by atoms with Crippen molar-refractivity contribution in [1.82, 2.24) is 5.16 Å². The van der Waals surface area contributed by atoms with Crippen molar-refractivity contribution >= 4 is 17.6 Å². The number of ether oxygens (including phenoxy) is 1. The normalized spacial score (nSPS) is 12.5. The third-order valence-electron chi connectivity index (χ3n) is 4.55. The number of aromatic nitrogens is 1. The highest BCUT2D eigenvalue weighted by Crippen LogP contribution is 2.34. The molecule has 0 fully saturated rings. The number of carboxylic acids is 1. The van der Waals surface area contributed by atoms with Gasteiger partial charge in [-0.05, 0) is 31.6 Å². The molecular weight excluding hydrogens is 481 g/mol. The van der Waals surface area contributed by atoms with Crippen LogP contribution in [0.15, 0.2) is 58.5 Å². The third kappa shape index (κ3) is 6.70. The van der Waals surface area contributed by atoms with E-state index in [2.05, 4.69) is 11.7 Å². The van der Waals surface area contributed by atoms with E-state index in [0.29, 0.717) is 22.8 Å². The van der Waals surface area contributed by atoms with Crippen LogP contribution in [-0.4, -0.2) is 27.3 Å². The van der Waals surface area contributed by atoms with Crippen LogP contribution in [0.1, 0.15) is 30.2 Å². The van der Waals surface area contributed by atoms with Crippen molar-refractivity contribution in [3.8, 4) is 11.3 Å². The summed E-state index contributed by atoms with van der Waals surface area (Å²) in [5.74, 6) is -1.35. The summed E-state index contributed by atoms with van der Waals surface area (Å²) >= 11 is 6.27. The Morgan fingerprint density at radius 2 is 2.09 bits per heavy atom. The van der Waals surface area contributed by atoms with Gasteiger partial charge in [0, 0.05) is 11.6 Å². The molecule has 0 saturated heterocycles. The number of aliphatic carboxylic acids is 1. The van der Waals surface area contributed by atoms with Crippen LogP contribution < -0.4 is 0 Å². The van der Waals surface area contributed by atoms with Crippen LogP contribution in [0.2, 0.25) is 5.02 Å². The molecule has 0 amide bonds. The van der Waals surface area contributed by atoms with Gasteiger partial charge in [-0.25, -0.2) is 0 Å². The second-order valence-electron chi connectivity index (χ2n) is 7.01. The fraction of sp³-hybridized carbons (Fsp3) is 0.273. The summed E-state index contributed by atoms with van der Waals surface area (Å²) in [4.78, 5) is 21.3. The molecule has 182 valence electrons. The van der Waals surface area contributed by atoms with Gasteiger partial charge in [0.05, 0.1) is 27.5 Å². The molecule has 0 spiro atoms. The van der Waals surface area contributed by atoms with E-state index >= 15 is 0 Å². The third-order valence-corrected chi connectivity index (χ3v) is 4.86. The van der Waals surface area contributed by atoms with Crippen LogP contribution in [0.4, 0.5) is 13.2 Å². The summed E-state index contributed by atoms with van der Waals surface area (Å²) in [6, 6.07) is 4.52. The number of rotatable bonds is 10. The summed E-state index contributed by atoms with van der Waals surface area (Å²) in [6.07, 6.45) is -3.84. The Hall–Kier alpha value is -3.60. The lowest BCUT2D eigenvalue weighted by Crippen LogP contribution is -2.13. The van der Waals surface area contributed by atoms with Gasteiger partial charge in [-0.1, -0.05) is 41.9 Å². The molecule has 1 heterocycles. The number of nitro groups is 1. The maximum atomic E-state index is 13.2. The zero-order valence-corrected chi connectivity index (χ0v) is 18.9. The molecule has 0 aliphatic rings. The highest BCUT2D eigenvalue weighted by molar-refractivity contribution is 6.33. The van der Waals surface area contributed by atoms with Gasteiger partial charge in [0.25, 0.3) is 0 Å². The summed E-state index contributed by atoms with van der Waals surface area (Å²) < 4.78 is 50.0. The molecule has 0 aliphatic heterocycles. The molecule has 2 aromatic rings. The average Bonchev–Trinajstić information content (AvgIpc) is 3.08. The smallest absolute Gasteiger partial charge is 0.416 e. The molecule has 1 aromatic heterocycles. The minimum Gasteiger partial charge on any atom is -0.482 e. The lowest BCUT2D eigenvalue weighted by atomic mass is 10.0. The van der Waals surface area contributed by atoms with Crippen molar-refractivity contribution in [2.45, 2.75) is 39.5 Å². The Balaban J connectivity index is 2.32. The van der Waals surface area contributed by atoms with E-state index in [1.807, 2.05) is 0 Å². The predicted octanol–water partition coefficient (Wildman–Crippen LogP) is 6.02. The summed E-state index contributed by atoms with van der Waals surface area (Å²) in [5, 5.41) is 24.4. The fourth-order valence-electron chi connectivity index (χ4n) is 2.90. The lowest BCUT2D eigenvalue weighted by Gasteiger charge is -2.11. The zero-order chi connectivity index (χ0) is 25.6. The topological polar surface area (TPSA) is 116 Å².